The van der Waals surface area contributed by atoms with Gasteiger partial charge in [-0.25, -0.2) is 4.68 Å². The van der Waals surface area contributed by atoms with Gasteiger partial charge in [-0.1, -0.05) is 6.92 Å². The molecule has 0 saturated carbocycles. The molecule has 1 fully saturated rings. The molecule has 0 N–H and O–H groups in total. The molecule has 2 heterocycles. The first-order chi connectivity index (χ1) is 12.0. The van der Waals surface area contributed by atoms with E-state index in [-0.39, 0.29) is 6.04 Å². The van der Waals surface area contributed by atoms with E-state index in [0.29, 0.717) is 0 Å². The smallest absolute Gasteiger partial charge is 0.199 e. The van der Waals surface area contributed by atoms with E-state index in [2.05, 4.69) is 30.2 Å². The molecule has 2 aromatic rings. The van der Waals surface area contributed by atoms with Gasteiger partial charge in [-0.2, -0.15) is 5.10 Å². The van der Waals surface area contributed by atoms with Crippen molar-refractivity contribution in [1.29, 1.82) is 0 Å². The largest absolute Gasteiger partial charge is 0.497 e. The molecule has 6 heteroatoms. The Labute approximate surface area is 155 Å². The average Bonchev–Trinajstić information content (AvgIpc) is 2.92. The van der Waals surface area contributed by atoms with Crippen LogP contribution in [0.3, 0.4) is 0 Å². The second-order valence-electron chi connectivity index (χ2n) is 7.26. The summed E-state index contributed by atoms with van der Waals surface area (Å²) in [7, 11) is 1.68. The first kappa shape index (κ1) is 18.1. The number of hydrogen-bond acceptors (Lipinski definition) is 4. The molecule has 25 heavy (non-hydrogen) atoms. The van der Waals surface area contributed by atoms with Gasteiger partial charge >= 0.3 is 0 Å². The second-order valence-corrected chi connectivity index (χ2v) is 7.63. The lowest BCUT2D eigenvalue weighted by molar-refractivity contribution is 0.138. The molecule has 1 saturated heterocycles. The van der Waals surface area contributed by atoms with E-state index >= 15 is 0 Å². The van der Waals surface area contributed by atoms with E-state index in [0.717, 1.165) is 47.6 Å². The molecule has 136 valence electrons. The molecule has 0 amide bonds. The normalized spacial score (nSPS) is 18.7. The van der Waals surface area contributed by atoms with Crippen molar-refractivity contribution < 1.29 is 4.74 Å². The van der Waals surface area contributed by atoms with E-state index < -0.39 is 0 Å². The van der Waals surface area contributed by atoms with Crippen molar-refractivity contribution in [2.24, 2.45) is 5.92 Å². The molecule has 0 radical (unpaired) electrons. The quantitative estimate of drug-likeness (QED) is 0.742. The highest BCUT2D eigenvalue weighted by molar-refractivity contribution is 7.71. The maximum atomic E-state index is 5.75. The minimum absolute atomic E-state index is 0.263. The number of hydrogen-bond donors (Lipinski definition) is 0. The van der Waals surface area contributed by atoms with Crippen molar-refractivity contribution in [3.05, 3.63) is 29.0 Å². The third-order valence-corrected chi connectivity index (χ3v) is 5.22. The van der Waals surface area contributed by atoms with E-state index in [4.69, 9.17) is 22.1 Å². The Morgan fingerprint density at radius 2 is 2.00 bits per heavy atom. The van der Waals surface area contributed by atoms with Crippen LogP contribution in [-0.2, 0) is 6.67 Å². The van der Waals surface area contributed by atoms with Crippen LogP contribution >= 0.6 is 12.2 Å². The van der Waals surface area contributed by atoms with Gasteiger partial charge in [0.05, 0.1) is 13.8 Å². The third kappa shape index (κ3) is 3.96. The molecule has 0 unspecified atom stereocenters. The summed E-state index contributed by atoms with van der Waals surface area (Å²) in [6.45, 7) is 9.63. The van der Waals surface area contributed by atoms with Gasteiger partial charge in [0.25, 0.3) is 0 Å². The zero-order valence-corrected chi connectivity index (χ0v) is 16.4. The molecule has 1 aliphatic rings. The number of methoxy groups -OCH3 is 1. The lowest BCUT2D eigenvalue weighted by atomic mass is 10.0. The summed E-state index contributed by atoms with van der Waals surface area (Å²) >= 11 is 5.75. The molecular weight excluding hydrogens is 332 g/mol. The SMILES string of the molecule is COc1ccc(-c2nn(CN3CCC[C@@H](C)C3)c(=S)n2C(C)C)cc1. The topological polar surface area (TPSA) is 35.2 Å². The zero-order valence-electron chi connectivity index (χ0n) is 15.6. The highest BCUT2D eigenvalue weighted by Gasteiger charge is 2.20. The molecule has 1 aliphatic heterocycles. The van der Waals surface area contributed by atoms with Crippen molar-refractivity contribution in [1.82, 2.24) is 19.2 Å². The van der Waals surface area contributed by atoms with Crippen molar-refractivity contribution in [3.8, 4) is 17.1 Å². The maximum Gasteiger partial charge on any atom is 0.199 e. The minimum atomic E-state index is 0.263. The Morgan fingerprint density at radius 1 is 1.28 bits per heavy atom. The first-order valence-electron chi connectivity index (χ1n) is 9.05. The van der Waals surface area contributed by atoms with Crippen LogP contribution in [0.2, 0.25) is 0 Å². The fraction of sp³-hybridized carbons (Fsp3) is 0.579. The van der Waals surface area contributed by atoms with E-state index in [9.17, 15) is 0 Å². The molecule has 0 bridgehead atoms. The van der Waals surface area contributed by atoms with Gasteiger partial charge in [-0.05, 0) is 75.6 Å². The monoisotopic (exact) mass is 360 g/mol. The number of rotatable bonds is 5. The Balaban J connectivity index is 1.93. The number of aromatic nitrogens is 3. The summed E-state index contributed by atoms with van der Waals surface area (Å²) in [4.78, 5) is 2.46. The van der Waals surface area contributed by atoms with Crippen LogP contribution in [0.25, 0.3) is 11.4 Å². The third-order valence-electron chi connectivity index (χ3n) is 4.81. The predicted molar refractivity (Wildman–Crippen MR) is 103 cm³/mol. The van der Waals surface area contributed by atoms with Crippen LogP contribution in [0.4, 0.5) is 0 Å². The molecule has 0 aliphatic carbocycles. The van der Waals surface area contributed by atoms with E-state index in [1.165, 1.54) is 12.8 Å². The fourth-order valence-corrected chi connectivity index (χ4v) is 3.92. The van der Waals surface area contributed by atoms with Gasteiger partial charge in [0.15, 0.2) is 10.6 Å². The van der Waals surface area contributed by atoms with Gasteiger partial charge in [-0.15, -0.1) is 0 Å². The molecule has 1 atom stereocenters. The summed E-state index contributed by atoms with van der Waals surface area (Å²) in [5.74, 6) is 2.52. The first-order valence-corrected chi connectivity index (χ1v) is 9.46. The van der Waals surface area contributed by atoms with Crippen molar-refractivity contribution in [2.45, 2.75) is 46.3 Å². The van der Waals surface area contributed by atoms with Gasteiger partial charge in [0, 0.05) is 18.2 Å². The van der Waals surface area contributed by atoms with Crippen LogP contribution in [0.5, 0.6) is 5.75 Å². The van der Waals surface area contributed by atoms with Crippen LogP contribution < -0.4 is 4.74 Å². The van der Waals surface area contributed by atoms with Crippen LogP contribution in [0.15, 0.2) is 24.3 Å². The molecule has 3 rings (SSSR count). The summed E-state index contributed by atoms with van der Waals surface area (Å²) in [6.07, 6.45) is 2.57. The number of likely N-dealkylation sites (tertiary alicyclic amines) is 1. The summed E-state index contributed by atoms with van der Waals surface area (Å²) < 4.78 is 10.2. The Hall–Kier alpha value is -1.66. The lowest BCUT2D eigenvalue weighted by Gasteiger charge is -2.30. The van der Waals surface area contributed by atoms with Gasteiger partial charge in [-0.3, -0.25) is 9.47 Å². The highest BCUT2D eigenvalue weighted by Crippen LogP contribution is 2.25. The Morgan fingerprint density at radius 3 is 2.60 bits per heavy atom. The van der Waals surface area contributed by atoms with Crippen LogP contribution in [0.1, 0.15) is 39.7 Å². The lowest BCUT2D eigenvalue weighted by Crippen LogP contribution is -2.36. The second kappa shape index (κ2) is 7.70. The Kier molecular flexibility index (Phi) is 5.59. The van der Waals surface area contributed by atoms with Gasteiger partial charge < -0.3 is 4.74 Å². The minimum Gasteiger partial charge on any atom is -0.497 e. The maximum absolute atomic E-state index is 5.75. The average molecular weight is 361 g/mol. The standard InChI is InChI=1S/C19H28N4OS/c1-14(2)23-18(16-7-9-17(24-4)10-8-16)20-22(19(23)25)13-21-11-5-6-15(3)12-21/h7-10,14-15H,5-6,11-13H2,1-4H3/t15-/m1/s1. The zero-order chi connectivity index (χ0) is 18.0. The molecule has 1 aromatic carbocycles. The van der Waals surface area contributed by atoms with Gasteiger partial charge in [0.1, 0.15) is 5.75 Å². The number of piperidine rings is 1. The number of nitrogens with zero attached hydrogens (tertiary/aromatic N) is 4. The molecular formula is C19H28N4OS. The molecule has 0 spiro atoms. The van der Waals surface area contributed by atoms with Crippen molar-refractivity contribution in [3.63, 3.8) is 0 Å². The molecule has 5 nitrogen and oxygen atoms in total. The molecule has 1 aromatic heterocycles. The van der Waals surface area contributed by atoms with Crippen LogP contribution in [-0.4, -0.2) is 39.4 Å². The highest BCUT2D eigenvalue weighted by atomic mass is 32.1. The summed E-state index contributed by atoms with van der Waals surface area (Å²) in [6, 6.07) is 8.28. The fourth-order valence-electron chi connectivity index (χ4n) is 3.52. The number of ether oxygens (including phenoxy) is 1. The summed E-state index contributed by atoms with van der Waals surface area (Å²) in [5.41, 5.74) is 1.06. The van der Waals surface area contributed by atoms with Crippen LogP contribution in [0, 0.1) is 10.7 Å². The Bertz CT molecular complexity index is 763. The predicted octanol–water partition coefficient (Wildman–Crippen LogP) is 4.36. The number of benzene rings is 1. The summed E-state index contributed by atoms with van der Waals surface area (Å²) in [5, 5.41) is 4.87. The van der Waals surface area contributed by atoms with E-state index in [1.54, 1.807) is 7.11 Å². The van der Waals surface area contributed by atoms with Gasteiger partial charge in [0.2, 0.25) is 0 Å². The van der Waals surface area contributed by atoms with Crippen molar-refractivity contribution >= 4 is 12.2 Å². The van der Waals surface area contributed by atoms with E-state index in [1.807, 2.05) is 28.9 Å². The van der Waals surface area contributed by atoms with Crippen molar-refractivity contribution in [2.75, 3.05) is 20.2 Å².